The zero-order valence-corrected chi connectivity index (χ0v) is 21.0. The Labute approximate surface area is 211 Å². The maximum atomic E-state index is 13.2. The quantitative estimate of drug-likeness (QED) is 0.475. The Morgan fingerprint density at radius 2 is 1.50 bits per heavy atom. The number of carbonyl (C=O) groups excluding carboxylic acids is 1. The van der Waals surface area contributed by atoms with Gasteiger partial charge in [0.1, 0.15) is 5.82 Å². The molecule has 0 saturated carbocycles. The van der Waals surface area contributed by atoms with Crippen molar-refractivity contribution < 1.29 is 22.3 Å². The molecule has 1 amide bonds. The van der Waals surface area contributed by atoms with Gasteiger partial charge in [0.15, 0.2) is 0 Å². The predicted octanol–water partition coefficient (Wildman–Crippen LogP) is 3.55. The summed E-state index contributed by atoms with van der Waals surface area (Å²) in [7, 11) is -3.59. The van der Waals surface area contributed by atoms with Gasteiger partial charge in [-0.05, 0) is 53.1 Å². The lowest BCUT2D eigenvalue weighted by atomic mass is 10.1. The molecule has 0 spiro atoms. The van der Waals surface area contributed by atoms with Crippen LogP contribution < -0.4 is 9.62 Å². The van der Waals surface area contributed by atoms with E-state index in [4.69, 9.17) is 4.74 Å². The first-order valence-corrected chi connectivity index (χ1v) is 13.6. The molecule has 3 aromatic rings. The number of nitrogens with one attached hydrogen (secondary N) is 1. The van der Waals surface area contributed by atoms with Crippen molar-refractivity contribution in [3.63, 3.8) is 0 Å². The molecule has 1 aliphatic rings. The second-order valence-electron chi connectivity index (χ2n) is 8.83. The van der Waals surface area contributed by atoms with Crippen molar-refractivity contribution in [1.29, 1.82) is 0 Å². The van der Waals surface area contributed by atoms with E-state index < -0.39 is 10.0 Å². The summed E-state index contributed by atoms with van der Waals surface area (Å²) in [5.41, 5.74) is 3.72. The number of nitrogens with zero attached hydrogens (tertiary/aromatic N) is 2. The maximum absolute atomic E-state index is 13.2. The fourth-order valence-corrected chi connectivity index (χ4v) is 4.89. The molecule has 9 heteroatoms. The van der Waals surface area contributed by atoms with Gasteiger partial charge in [-0.15, -0.1) is 0 Å². The van der Waals surface area contributed by atoms with Crippen LogP contribution in [0.15, 0.2) is 72.8 Å². The molecule has 1 N–H and O–H groups in total. The summed E-state index contributed by atoms with van der Waals surface area (Å²) in [6.07, 6.45) is 1.11. The molecule has 4 rings (SSSR count). The number of anilines is 1. The van der Waals surface area contributed by atoms with Gasteiger partial charge in [0, 0.05) is 31.7 Å². The van der Waals surface area contributed by atoms with Crippen LogP contribution in [0, 0.1) is 5.82 Å². The van der Waals surface area contributed by atoms with Crippen LogP contribution in [-0.2, 0) is 34.4 Å². The van der Waals surface area contributed by atoms with Crippen LogP contribution in [0.25, 0.3) is 0 Å². The Balaban J connectivity index is 1.34. The molecule has 3 aromatic carbocycles. The second kappa shape index (κ2) is 11.6. The van der Waals surface area contributed by atoms with Crippen LogP contribution in [0.2, 0.25) is 0 Å². The molecular weight excluding hydrogens is 481 g/mol. The minimum absolute atomic E-state index is 0.0617. The van der Waals surface area contributed by atoms with Gasteiger partial charge in [-0.3, -0.25) is 14.0 Å². The molecule has 0 radical (unpaired) electrons. The normalized spacial score (nSPS) is 14.4. The van der Waals surface area contributed by atoms with Crippen molar-refractivity contribution in [1.82, 2.24) is 10.2 Å². The first kappa shape index (κ1) is 25.8. The van der Waals surface area contributed by atoms with Gasteiger partial charge in [0.2, 0.25) is 10.0 Å². The summed E-state index contributed by atoms with van der Waals surface area (Å²) in [5, 5.41) is 2.91. The van der Waals surface area contributed by atoms with E-state index in [9.17, 15) is 17.6 Å². The van der Waals surface area contributed by atoms with Gasteiger partial charge in [0.05, 0.1) is 31.7 Å². The fraction of sp³-hybridized carbons (Fsp3) is 0.296. The van der Waals surface area contributed by atoms with Crippen LogP contribution in [0.1, 0.15) is 27.0 Å². The zero-order chi connectivity index (χ0) is 25.5. The molecule has 1 aliphatic heterocycles. The Bertz CT molecular complexity index is 1260. The summed E-state index contributed by atoms with van der Waals surface area (Å²) in [4.78, 5) is 15.0. The lowest BCUT2D eigenvalue weighted by molar-refractivity contribution is 0.0342. The highest BCUT2D eigenvalue weighted by Gasteiger charge is 2.18. The standard InChI is InChI=1S/C27H30FN3O4S/c1-36(33,34)31(20-23-6-10-25(28)11-7-23)26-12-8-24(9-13-26)27(32)29-18-21-2-4-22(5-3-21)19-30-14-16-35-17-15-30/h2-13H,14-20H2,1H3,(H,29,32). The van der Waals surface area contributed by atoms with E-state index >= 15 is 0 Å². The van der Waals surface area contributed by atoms with Gasteiger partial charge in [-0.2, -0.15) is 0 Å². The number of sulfonamides is 1. The van der Waals surface area contributed by atoms with Gasteiger partial charge in [0.25, 0.3) is 5.91 Å². The summed E-state index contributed by atoms with van der Waals surface area (Å²) in [6, 6.07) is 20.2. The van der Waals surface area contributed by atoms with Crippen LogP contribution >= 0.6 is 0 Å². The van der Waals surface area contributed by atoms with Crippen molar-refractivity contribution in [3.05, 3.63) is 101 Å². The number of hydrogen-bond acceptors (Lipinski definition) is 5. The Kier molecular flexibility index (Phi) is 8.35. The second-order valence-corrected chi connectivity index (χ2v) is 10.7. The SMILES string of the molecule is CS(=O)(=O)N(Cc1ccc(F)cc1)c1ccc(C(=O)NCc2ccc(CN3CCOCC3)cc2)cc1. The molecule has 0 unspecified atom stereocenters. The number of hydrogen-bond donors (Lipinski definition) is 1. The van der Waals surface area contributed by atoms with Crippen molar-refractivity contribution in [2.75, 3.05) is 36.9 Å². The zero-order valence-electron chi connectivity index (χ0n) is 20.2. The molecule has 1 saturated heterocycles. The van der Waals surface area contributed by atoms with Crippen LogP contribution in [0.4, 0.5) is 10.1 Å². The molecule has 0 aliphatic carbocycles. The number of rotatable bonds is 9. The molecule has 1 heterocycles. The number of morpholine rings is 1. The van der Waals surface area contributed by atoms with Gasteiger partial charge in [-0.1, -0.05) is 36.4 Å². The van der Waals surface area contributed by atoms with E-state index in [2.05, 4.69) is 22.3 Å². The average molecular weight is 512 g/mol. The van der Waals surface area contributed by atoms with E-state index in [-0.39, 0.29) is 18.3 Å². The van der Waals surface area contributed by atoms with Gasteiger partial charge >= 0.3 is 0 Å². The number of halogens is 1. The lowest BCUT2D eigenvalue weighted by Crippen LogP contribution is -2.35. The number of carbonyl (C=O) groups is 1. The highest BCUT2D eigenvalue weighted by atomic mass is 32.2. The Hall–Kier alpha value is -3.27. The van der Waals surface area contributed by atoms with Crippen LogP contribution in [0.5, 0.6) is 0 Å². The van der Waals surface area contributed by atoms with E-state index in [1.54, 1.807) is 36.4 Å². The minimum atomic E-state index is -3.59. The van der Waals surface area contributed by atoms with Gasteiger partial charge < -0.3 is 10.1 Å². The summed E-state index contributed by atoms with van der Waals surface area (Å²) in [6.45, 7) is 4.74. The third-order valence-corrected chi connectivity index (χ3v) is 7.18. The summed E-state index contributed by atoms with van der Waals surface area (Å²) < 4.78 is 44.6. The summed E-state index contributed by atoms with van der Waals surface area (Å²) >= 11 is 0. The first-order valence-electron chi connectivity index (χ1n) is 11.8. The highest BCUT2D eigenvalue weighted by molar-refractivity contribution is 7.92. The average Bonchev–Trinajstić information content (AvgIpc) is 2.88. The molecule has 0 bridgehead atoms. The van der Waals surface area contributed by atoms with E-state index in [1.807, 2.05) is 12.1 Å². The Morgan fingerprint density at radius 3 is 2.11 bits per heavy atom. The Morgan fingerprint density at radius 1 is 0.917 bits per heavy atom. The van der Waals surface area contributed by atoms with Crippen LogP contribution in [0.3, 0.4) is 0 Å². The number of ether oxygens (including phenoxy) is 1. The van der Waals surface area contributed by atoms with E-state index in [0.29, 0.717) is 23.4 Å². The predicted molar refractivity (Wildman–Crippen MR) is 138 cm³/mol. The van der Waals surface area contributed by atoms with E-state index in [1.165, 1.54) is 22.0 Å². The van der Waals surface area contributed by atoms with Crippen molar-refractivity contribution in [2.24, 2.45) is 0 Å². The van der Waals surface area contributed by atoms with Crippen molar-refractivity contribution in [3.8, 4) is 0 Å². The molecule has 36 heavy (non-hydrogen) atoms. The first-order chi connectivity index (χ1) is 17.3. The molecule has 7 nitrogen and oxygen atoms in total. The third-order valence-electron chi connectivity index (χ3n) is 6.04. The maximum Gasteiger partial charge on any atom is 0.251 e. The largest absolute Gasteiger partial charge is 0.379 e. The van der Waals surface area contributed by atoms with Crippen LogP contribution in [-0.4, -0.2) is 51.8 Å². The van der Waals surface area contributed by atoms with E-state index in [0.717, 1.165) is 44.7 Å². The summed E-state index contributed by atoms with van der Waals surface area (Å²) in [5.74, 6) is -0.632. The number of amides is 1. The number of benzene rings is 3. The third kappa shape index (κ3) is 7.13. The fourth-order valence-electron chi connectivity index (χ4n) is 4.00. The molecular formula is C27H30FN3O4S. The smallest absolute Gasteiger partial charge is 0.251 e. The highest BCUT2D eigenvalue weighted by Crippen LogP contribution is 2.21. The topological polar surface area (TPSA) is 79.0 Å². The van der Waals surface area contributed by atoms with Crippen molar-refractivity contribution >= 4 is 21.6 Å². The minimum Gasteiger partial charge on any atom is -0.379 e. The lowest BCUT2D eigenvalue weighted by Gasteiger charge is -2.26. The molecule has 190 valence electrons. The van der Waals surface area contributed by atoms with Crippen molar-refractivity contribution in [2.45, 2.75) is 19.6 Å². The van der Waals surface area contributed by atoms with Gasteiger partial charge in [-0.25, -0.2) is 12.8 Å². The molecule has 1 fully saturated rings. The molecule has 0 atom stereocenters. The molecule has 0 aromatic heterocycles. The monoisotopic (exact) mass is 511 g/mol.